The van der Waals surface area contributed by atoms with Crippen molar-refractivity contribution in [3.63, 3.8) is 0 Å². The molecule has 132 valence electrons. The van der Waals surface area contributed by atoms with Gasteiger partial charge in [-0.2, -0.15) is 4.98 Å². The van der Waals surface area contributed by atoms with Gasteiger partial charge in [0.2, 0.25) is 5.89 Å². The number of nitrogens with two attached hydrogens (primary N) is 1. The van der Waals surface area contributed by atoms with Crippen molar-refractivity contribution in [2.45, 2.75) is 57.4 Å². The van der Waals surface area contributed by atoms with E-state index in [2.05, 4.69) is 15.0 Å². The van der Waals surface area contributed by atoms with Gasteiger partial charge in [0.1, 0.15) is 0 Å². The number of likely N-dealkylation sites (tertiary alicyclic amines) is 1. The second kappa shape index (κ2) is 9.54. The fraction of sp³-hybridized carbons (Fsp3) is 0.867. The fourth-order valence-electron chi connectivity index (χ4n) is 3.05. The summed E-state index contributed by atoms with van der Waals surface area (Å²) in [6.07, 6.45) is 6.36. The highest BCUT2D eigenvalue weighted by molar-refractivity contribution is 5.85. The highest BCUT2D eigenvalue weighted by Gasteiger charge is 2.23. The maximum absolute atomic E-state index is 6.02. The Morgan fingerprint density at radius 2 is 2.04 bits per heavy atom. The monoisotopic (exact) mass is 346 g/mol. The average molecular weight is 347 g/mol. The molecule has 2 aliphatic rings. The molecule has 2 aliphatic heterocycles. The Hall–Kier alpha value is -0.730. The molecule has 0 aromatic carbocycles. The van der Waals surface area contributed by atoms with E-state index >= 15 is 0 Å². The van der Waals surface area contributed by atoms with Crippen LogP contribution in [0.4, 0.5) is 0 Å². The molecule has 0 aliphatic carbocycles. The number of hydrogen-bond acceptors (Lipinski definition) is 7. The van der Waals surface area contributed by atoms with Crippen LogP contribution in [-0.4, -0.2) is 53.6 Å². The summed E-state index contributed by atoms with van der Waals surface area (Å²) in [4.78, 5) is 6.58. The van der Waals surface area contributed by atoms with Crippen molar-refractivity contribution in [3.05, 3.63) is 11.7 Å². The van der Waals surface area contributed by atoms with Gasteiger partial charge in [-0.3, -0.25) is 4.90 Å². The van der Waals surface area contributed by atoms with Crippen LogP contribution in [0.5, 0.6) is 0 Å². The van der Waals surface area contributed by atoms with E-state index in [-0.39, 0.29) is 12.4 Å². The number of rotatable bonds is 6. The van der Waals surface area contributed by atoms with E-state index in [9.17, 15) is 0 Å². The summed E-state index contributed by atoms with van der Waals surface area (Å²) in [7, 11) is 0. The third kappa shape index (κ3) is 5.69. The van der Waals surface area contributed by atoms with Crippen LogP contribution in [0.1, 0.15) is 43.8 Å². The minimum Gasteiger partial charge on any atom is -0.376 e. The third-order valence-electron chi connectivity index (χ3n) is 4.38. The van der Waals surface area contributed by atoms with Crippen molar-refractivity contribution in [3.8, 4) is 0 Å². The van der Waals surface area contributed by atoms with Crippen LogP contribution >= 0.6 is 12.4 Å². The highest BCUT2D eigenvalue weighted by atomic mass is 35.5. The standard InChI is InChI=1S/C15H26N4O3.ClH/c16-9-15-17-14(18-22-15)10-19-6-4-12(5-7-19)21-11-13-3-1-2-8-20-13;/h12-13H,1-11,16H2;1H. The zero-order valence-electron chi connectivity index (χ0n) is 13.5. The van der Waals surface area contributed by atoms with Gasteiger partial charge < -0.3 is 19.7 Å². The highest BCUT2D eigenvalue weighted by Crippen LogP contribution is 2.18. The van der Waals surface area contributed by atoms with Crippen LogP contribution in [0.25, 0.3) is 0 Å². The van der Waals surface area contributed by atoms with Gasteiger partial charge in [-0.15, -0.1) is 12.4 Å². The lowest BCUT2D eigenvalue weighted by Gasteiger charge is -2.32. The molecule has 1 unspecified atom stereocenters. The Morgan fingerprint density at radius 1 is 1.22 bits per heavy atom. The number of nitrogens with zero attached hydrogens (tertiary/aromatic N) is 3. The fourth-order valence-corrected chi connectivity index (χ4v) is 3.05. The Morgan fingerprint density at radius 3 is 2.70 bits per heavy atom. The van der Waals surface area contributed by atoms with E-state index < -0.39 is 0 Å². The largest absolute Gasteiger partial charge is 0.376 e. The molecule has 0 bridgehead atoms. The van der Waals surface area contributed by atoms with Crippen LogP contribution in [0.2, 0.25) is 0 Å². The first kappa shape index (κ1) is 18.6. The van der Waals surface area contributed by atoms with Gasteiger partial charge >= 0.3 is 0 Å². The molecular weight excluding hydrogens is 320 g/mol. The van der Waals surface area contributed by atoms with Crippen molar-refractivity contribution in [1.82, 2.24) is 15.0 Å². The second-order valence-corrected chi connectivity index (χ2v) is 6.11. The molecule has 1 atom stereocenters. The molecule has 2 saturated heterocycles. The molecule has 23 heavy (non-hydrogen) atoms. The molecule has 2 N–H and O–H groups in total. The van der Waals surface area contributed by atoms with Crippen LogP contribution < -0.4 is 5.73 Å². The van der Waals surface area contributed by atoms with Gasteiger partial charge in [-0.05, 0) is 32.1 Å². The molecular formula is C15H27ClN4O3. The molecule has 0 amide bonds. The lowest BCUT2D eigenvalue weighted by Crippen LogP contribution is -2.38. The van der Waals surface area contributed by atoms with Gasteiger partial charge in [-0.1, -0.05) is 5.16 Å². The molecule has 7 nitrogen and oxygen atoms in total. The summed E-state index contributed by atoms with van der Waals surface area (Å²) in [5.41, 5.74) is 5.47. The van der Waals surface area contributed by atoms with E-state index in [4.69, 9.17) is 19.7 Å². The van der Waals surface area contributed by atoms with E-state index in [1.807, 2.05) is 0 Å². The minimum absolute atomic E-state index is 0. The van der Waals surface area contributed by atoms with Crippen molar-refractivity contribution in [2.24, 2.45) is 5.73 Å². The topological polar surface area (TPSA) is 86.6 Å². The molecule has 0 saturated carbocycles. The number of halogens is 1. The van der Waals surface area contributed by atoms with Crippen LogP contribution in [0, 0.1) is 0 Å². The third-order valence-corrected chi connectivity index (χ3v) is 4.38. The lowest BCUT2D eigenvalue weighted by molar-refractivity contribution is -0.0754. The van der Waals surface area contributed by atoms with Crippen molar-refractivity contribution < 1.29 is 14.0 Å². The predicted octanol–water partition coefficient (Wildman–Crippen LogP) is 1.50. The maximum atomic E-state index is 6.02. The summed E-state index contributed by atoms with van der Waals surface area (Å²) in [6, 6.07) is 0. The first-order valence-electron chi connectivity index (χ1n) is 8.30. The van der Waals surface area contributed by atoms with E-state index in [0.29, 0.717) is 24.6 Å². The smallest absolute Gasteiger partial charge is 0.240 e. The van der Waals surface area contributed by atoms with E-state index in [1.54, 1.807) is 0 Å². The Balaban J connectivity index is 0.00000192. The summed E-state index contributed by atoms with van der Waals surface area (Å²) < 4.78 is 16.8. The van der Waals surface area contributed by atoms with Crippen LogP contribution in [-0.2, 0) is 22.6 Å². The normalized spacial score (nSPS) is 23.6. The summed E-state index contributed by atoms with van der Waals surface area (Å²) in [5, 5.41) is 3.94. The number of ether oxygens (including phenoxy) is 2. The average Bonchev–Trinajstić information content (AvgIpc) is 3.03. The molecule has 1 aromatic heterocycles. The van der Waals surface area contributed by atoms with Crippen molar-refractivity contribution in [2.75, 3.05) is 26.3 Å². The summed E-state index contributed by atoms with van der Waals surface area (Å²) in [6.45, 7) is 4.66. The zero-order valence-corrected chi connectivity index (χ0v) is 14.3. The second-order valence-electron chi connectivity index (χ2n) is 6.11. The Kier molecular flexibility index (Phi) is 7.72. The van der Waals surface area contributed by atoms with Gasteiger partial charge in [0.15, 0.2) is 5.82 Å². The number of aromatic nitrogens is 2. The maximum Gasteiger partial charge on any atom is 0.240 e. The first-order chi connectivity index (χ1) is 10.8. The molecule has 3 heterocycles. The minimum atomic E-state index is 0. The molecule has 8 heteroatoms. The van der Waals surface area contributed by atoms with Gasteiger partial charge in [0, 0.05) is 19.7 Å². The molecule has 1 aromatic rings. The molecule has 0 spiro atoms. The zero-order chi connectivity index (χ0) is 15.2. The predicted molar refractivity (Wildman–Crippen MR) is 87.3 cm³/mol. The molecule has 2 fully saturated rings. The number of hydrogen-bond donors (Lipinski definition) is 1. The van der Waals surface area contributed by atoms with E-state index in [1.165, 1.54) is 12.8 Å². The SMILES string of the molecule is Cl.NCc1nc(CN2CCC(OCC3CCCCO3)CC2)no1. The van der Waals surface area contributed by atoms with Gasteiger partial charge in [0.05, 0.1) is 31.9 Å². The Labute approximate surface area is 143 Å². The quantitative estimate of drug-likeness (QED) is 0.835. The van der Waals surface area contributed by atoms with Gasteiger partial charge in [0.25, 0.3) is 0 Å². The summed E-state index contributed by atoms with van der Waals surface area (Å²) in [5.74, 6) is 1.22. The summed E-state index contributed by atoms with van der Waals surface area (Å²) >= 11 is 0. The lowest BCUT2D eigenvalue weighted by atomic mass is 10.1. The molecule has 3 rings (SSSR count). The van der Waals surface area contributed by atoms with Crippen LogP contribution in [0.15, 0.2) is 4.52 Å². The first-order valence-corrected chi connectivity index (χ1v) is 8.30. The number of piperidine rings is 1. The Bertz CT molecular complexity index is 446. The van der Waals surface area contributed by atoms with E-state index in [0.717, 1.165) is 57.9 Å². The van der Waals surface area contributed by atoms with Gasteiger partial charge in [-0.25, -0.2) is 0 Å². The van der Waals surface area contributed by atoms with Crippen molar-refractivity contribution in [1.29, 1.82) is 0 Å². The van der Waals surface area contributed by atoms with Crippen molar-refractivity contribution >= 4 is 12.4 Å². The van der Waals surface area contributed by atoms with Crippen LogP contribution in [0.3, 0.4) is 0 Å². The molecule has 0 radical (unpaired) electrons.